The van der Waals surface area contributed by atoms with Crippen LogP contribution in [-0.4, -0.2) is 36.7 Å². The van der Waals surface area contributed by atoms with Crippen molar-refractivity contribution in [2.75, 3.05) is 26.3 Å². The molecule has 2 aliphatic heterocycles. The fourth-order valence-electron chi connectivity index (χ4n) is 3.66. The molecule has 0 aliphatic carbocycles. The van der Waals surface area contributed by atoms with Crippen molar-refractivity contribution in [2.24, 2.45) is 0 Å². The minimum atomic E-state index is -0.311. The first-order valence-electron chi connectivity index (χ1n) is 9.76. The highest BCUT2D eigenvalue weighted by Gasteiger charge is 2.26. The molecule has 9 heteroatoms. The van der Waals surface area contributed by atoms with Crippen LogP contribution in [0.2, 0.25) is 0 Å². The Balaban J connectivity index is 1.31. The smallest absolute Gasteiger partial charge is 0.276 e. The Kier molecular flexibility index (Phi) is 4.87. The zero-order valence-corrected chi connectivity index (χ0v) is 17.1. The molecule has 0 spiro atoms. The second-order valence-corrected chi connectivity index (χ2v) is 7.14. The lowest BCUT2D eigenvalue weighted by Gasteiger charge is -2.24. The molecule has 3 aromatic rings. The van der Waals surface area contributed by atoms with E-state index in [1.807, 2.05) is 22.9 Å². The number of aromatic nitrogens is 2. The highest BCUT2D eigenvalue weighted by atomic mass is 16.7. The normalized spacial score (nSPS) is 16.5. The number of ether oxygens (including phenoxy) is 5. The van der Waals surface area contributed by atoms with Crippen LogP contribution in [0, 0.1) is 0 Å². The number of benzene rings is 2. The number of hydrogen-bond donors (Lipinski definition) is 1. The Morgan fingerprint density at radius 1 is 1.06 bits per heavy atom. The van der Waals surface area contributed by atoms with Crippen molar-refractivity contribution in [3.8, 4) is 23.0 Å². The average Bonchev–Trinajstić information content (AvgIpc) is 3.44. The fourth-order valence-corrected chi connectivity index (χ4v) is 3.66. The number of nitrogens with zero attached hydrogens (tertiary/aromatic N) is 2. The molecule has 3 heterocycles. The number of fused-ring (bicyclic) bond motifs is 2. The van der Waals surface area contributed by atoms with Crippen LogP contribution in [0.25, 0.3) is 0 Å². The maximum atomic E-state index is 12.7. The van der Waals surface area contributed by atoms with Gasteiger partial charge in [-0.2, -0.15) is 5.10 Å². The minimum absolute atomic E-state index is 0.191. The summed E-state index contributed by atoms with van der Waals surface area (Å²) in [7, 11) is 3.11. The van der Waals surface area contributed by atoms with Gasteiger partial charge in [-0.1, -0.05) is 6.07 Å². The molecule has 2 aliphatic rings. The van der Waals surface area contributed by atoms with Gasteiger partial charge in [-0.05, 0) is 35.9 Å². The molecule has 5 rings (SSSR count). The zero-order valence-electron chi connectivity index (χ0n) is 17.1. The van der Waals surface area contributed by atoms with E-state index in [4.69, 9.17) is 23.7 Å². The average molecular weight is 423 g/mol. The molecular formula is C22H21N3O6. The van der Waals surface area contributed by atoms with Crippen LogP contribution >= 0.6 is 0 Å². The van der Waals surface area contributed by atoms with Gasteiger partial charge in [0.25, 0.3) is 5.91 Å². The van der Waals surface area contributed by atoms with Crippen molar-refractivity contribution in [3.63, 3.8) is 0 Å². The van der Waals surface area contributed by atoms with E-state index in [0.717, 1.165) is 17.0 Å². The van der Waals surface area contributed by atoms with Gasteiger partial charge in [0, 0.05) is 11.8 Å². The summed E-state index contributed by atoms with van der Waals surface area (Å²) in [4.78, 5) is 12.7. The van der Waals surface area contributed by atoms with Crippen molar-refractivity contribution >= 4 is 11.6 Å². The maximum absolute atomic E-state index is 12.7. The number of methoxy groups -OCH3 is 2. The van der Waals surface area contributed by atoms with Gasteiger partial charge in [0.2, 0.25) is 6.79 Å². The fraction of sp³-hybridized carbons (Fsp3) is 0.273. The quantitative estimate of drug-likeness (QED) is 0.674. The van der Waals surface area contributed by atoms with Gasteiger partial charge >= 0.3 is 0 Å². The molecular weight excluding hydrogens is 402 g/mol. The monoisotopic (exact) mass is 423 g/mol. The largest absolute Gasteiger partial charge is 0.493 e. The number of hydrogen-bond acceptors (Lipinski definition) is 7. The third-order valence-corrected chi connectivity index (χ3v) is 5.28. The summed E-state index contributed by atoms with van der Waals surface area (Å²) < 4.78 is 29.1. The first-order valence-corrected chi connectivity index (χ1v) is 9.76. The predicted molar refractivity (Wildman–Crippen MR) is 110 cm³/mol. The summed E-state index contributed by atoms with van der Waals surface area (Å²) in [5.74, 6) is 2.25. The number of anilines is 1. The van der Waals surface area contributed by atoms with Crippen LogP contribution in [0.1, 0.15) is 27.8 Å². The van der Waals surface area contributed by atoms with Gasteiger partial charge in [0.1, 0.15) is 6.10 Å². The number of carbonyl (C=O) groups is 1. The number of rotatable bonds is 5. The molecule has 1 amide bonds. The standard InChI is InChI=1S/C22H21N3O6/c1-27-17-6-4-14(8-19(17)28-2)23-22(26)16-9-15-11-29-21(10-25(15)24-16)13-3-5-18-20(7-13)31-12-30-18/h3-9,21H,10-12H2,1-2H3,(H,23,26)/t21-/m0/s1. The maximum Gasteiger partial charge on any atom is 0.276 e. The van der Waals surface area contributed by atoms with Crippen molar-refractivity contribution < 1.29 is 28.5 Å². The van der Waals surface area contributed by atoms with Gasteiger partial charge in [0.15, 0.2) is 28.7 Å². The molecule has 0 saturated heterocycles. The van der Waals surface area contributed by atoms with Crippen molar-refractivity contribution in [3.05, 3.63) is 59.4 Å². The van der Waals surface area contributed by atoms with E-state index in [1.54, 1.807) is 38.5 Å². The molecule has 0 fully saturated rings. The topological polar surface area (TPSA) is 93.1 Å². The molecule has 160 valence electrons. The molecule has 0 radical (unpaired) electrons. The van der Waals surface area contributed by atoms with Gasteiger partial charge in [-0.3, -0.25) is 9.48 Å². The summed E-state index contributed by atoms with van der Waals surface area (Å²) in [6, 6.07) is 12.7. The lowest BCUT2D eigenvalue weighted by molar-refractivity contribution is -0.00127. The third-order valence-electron chi connectivity index (χ3n) is 5.28. The molecule has 1 aromatic heterocycles. The summed E-state index contributed by atoms with van der Waals surface area (Å²) in [6.07, 6.45) is -0.191. The molecule has 9 nitrogen and oxygen atoms in total. The van der Waals surface area contributed by atoms with Crippen molar-refractivity contribution in [2.45, 2.75) is 19.3 Å². The van der Waals surface area contributed by atoms with Crippen LogP contribution in [0.5, 0.6) is 23.0 Å². The minimum Gasteiger partial charge on any atom is -0.493 e. The Morgan fingerprint density at radius 3 is 2.74 bits per heavy atom. The van der Waals surface area contributed by atoms with Crippen molar-refractivity contribution in [1.82, 2.24) is 9.78 Å². The Hall–Kier alpha value is -3.72. The van der Waals surface area contributed by atoms with Crippen LogP contribution in [0.4, 0.5) is 5.69 Å². The summed E-state index contributed by atoms with van der Waals surface area (Å²) in [5, 5.41) is 7.33. The summed E-state index contributed by atoms with van der Waals surface area (Å²) >= 11 is 0. The zero-order chi connectivity index (χ0) is 21.4. The number of amides is 1. The Labute approximate surface area is 178 Å². The first kappa shape index (κ1) is 19.3. The lowest BCUT2D eigenvalue weighted by atomic mass is 10.1. The van der Waals surface area contributed by atoms with Crippen LogP contribution in [0.15, 0.2) is 42.5 Å². The summed E-state index contributed by atoms with van der Waals surface area (Å²) in [5.41, 5.74) is 2.72. The second-order valence-electron chi connectivity index (χ2n) is 7.14. The van der Waals surface area contributed by atoms with Crippen LogP contribution in [0.3, 0.4) is 0 Å². The molecule has 0 saturated carbocycles. The second kappa shape index (κ2) is 7.84. The van der Waals surface area contributed by atoms with Gasteiger partial charge in [-0.15, -0.1) is 0 Å². The highest BCUT2D eigenvalue weighted by Crippen LogP contribution is 2.36. The van der Waals surface area contributed by atoms with E-state index in [-0.39, 0.29) is 18.8 Å². The SMILES string of the molecule is COc1ccc(NC(=O)c2cc3n(n2)C[C@@H](c2ccc4c(c2)OCO4)OC3)cc1OC. The van der Waals surface area contributed by atoms with E-state index >= 15 is 0 Å². The molecule has 0 unspecified atom stereocenters. The number of nitrogens with one attached hydrogen (secondary N) is 1. The Bertz CT molecular complexity index is 1140. The van der Waals surface area contributed by atoms with Gasteiger partial charge in [-0.25, -0.2) is 0 Å². The molecule has 1 atom stereocenters. The van der Waals surface area contributed by atoms with E-state index in [9.17, 15) is 4.79 Å². The number of carbonyl (C=O) groups excluding carboxylic acids is 1. The van der Waals surface area contributed by atoms with Crippen molar-refractivity contribution in [1.29, 1.82) is 0 Å². The molecule has 0 bridgehead atoms. The van der Waals surface area contributed by atoms with E-state index < -0.39 is 0 Å². The van der Waals surface area contributed by atoms with E-state index in [0.29, 0.717) is 41.8 Å². The van der Waals surface area contributed by atoms with E-state index in [2.05, 4.69) is 10.4 Å². The third kappa shape index (κ3) is 3.64. The predicted octanol–water partition coefficient (Wildman–Crippen LogP) is 3.15. The highest BCUT2D eigenvalue weighted by molar-refractivity contribution is 6.03. The lowest BCUT2D eigenvalue weighted by Crippen LogP contribution is -2.22. The van der Waals surface area contributed by atoms with E-state index in [1.165, 1.54) is 0 Å². The van der Waals surface area contributed by atoms with Crippen LogP contribution in [-0.2, 0) is 17.9 Å². The molecule has 2 aromatic carbocycles. The first-order chi connectivity index (χ1) is 15.1. The van der Waals surface area contributed by atoms with Crippen LogP contribution < -0.4 is 24.3 Å². The molecule has 31 heavy (non-hydrogen) atoms. The van der Waals surface area contributed by atoms with Gasteiger partial charge in [0.05, 0.1) is 33.1 Å². The summed E-state index contributed by atoms with van der Waals surface area (Å²) in [6.45, 7) is 1.08. The molecule has 1 N–H and O–H groups in total. The van der Waals surface area contributed by atoms with Gasteiger partial charge < -0.3 is 29.0 Å². The Morgan fingerprint density at radius 2 is 1.90 bits per heavy atom.